The van der Waals surface area contributed by atoms with Crippen molar-refractivity contribution >= 4 is 22.6 Å². The van der Waals surface area contributed by atoms with Crippen molar-refractivity contribution < 1.29 is 18.5 Å². The molecule has 7 heteroatoms. The minimum atomic E-state index is -3.20. The molecule has 0 amide bonds. The van der Waals surface area contributed by atoms with Crippen LogP contribution < -0.4 is 10.2 Å². The number of hydrogen-bond acceptors (Lipinski definition) is 4. The van der Waals surface area contributed by atoms with Crippen LogP contribution in [-0.4, -0.2) is 31.8 Å². The van der Waals surface area contributed by atoms with Gasteiger partial charge in [0.05, 0.1) is 6.26 Å². The van der Waals surface area contributed by atoms with Crippen LogP contribution in [0.3, 0.4) is 0 Å². The van der Waals surface area contributed by atoms with E-state index < -0.39 is 17.1 Å². The van der Waals surface area contributed by atoms with Gasteiger partial charge in [0.25, 0.3) is 0 Å². The zero-order valence-electron chi connectivity index (χ0n) is 8.21. The number of hydrogen-bond donors (Lipinski definition) is 3. The average molecular weight is 229 g/mol. The number of benzene rings is 1. The number of sulfonamides is 1. The Balaban J connectivity index is 2.65. The monoisotopic (exact) mass is 229 g/mol. The molecule has 0 bridgehead atoms. The van der Waals surface area contributed by atoms with Crippen LogP contribution in [0.25, 0.3) is 0 Å². The second kappa shape index (κ2) is 4.76. The summed E-state index contributed by atoms with van der Waals surface area (Å²) in [6, 6.07) is 6.33. The van der Waals surface area contributed by atoms with Gasteiger partial charge in [0, 0.05) is 6.54 Å². The lowest BCUT2D eigenvalue weighted by Gasteiger charge is -2.04. The maximum atomic E-state index is 10.8. The molecular formula is C8H12BNO4S. The molecule has 0 aliphatic carbocycles. The van der Waals surface area contributed by atoms with Gasteiger partial charge in [-0.25, -0.2) is 13.1 Å². The molecule has 5 nitrogen and oxygen atoms in total. The van der Waals surface area contributed by atoms with E-state index in [1.165, 1.54) is 12.1 Å². The quantitative estimate of drug-likeness (QED) is 0.543. The first-order valence-electron chi connectivity index (χ1n) is 4.28. The van der Waals surface area contributed by atoms with Crippen molar-refractivity contribution in [3.8, 4) is 0 Å². The molecule has 1 rings (SSSR count). The minimum Gasteiger partial charge on any atom is -0.423 e. The third-order valence-corrected chi connectivity index (χ3v) is 2.49. The van der Waals surface area contributed by atoms with Crippen molar-refractivity contribution in [1.82, 2.24) is 4.72 Å². The predicted octanol–water partition coefficient (Wildman–Crippen LogP) is -1.58. The Kier molecular flexibility index (Phi) is 3.86. The first-order valence-corrected chi connectivity index (χ1v) is 6.17. The van der Waals surface area contributed by atoms with E-state index in [0.29, 0.717) is 5.46 Å². The lowest BCUT2D eigenvalue weighted by Crippen LogP contribution is -2.29. The summed E-state index contributed by atoms with van der Waals surface area (Å²) in [4.78, 5) is 0. The highest BCUT2D eigenvalue weighted by Crippen LogP contribution is 1.97. The van der Waals surface area contributed by atoms with E-state index in [2.05, 4.69) is 4.72 Å². The molecule has 3 N–H and O–H groups in total. The van der Waals surface area contributed by atoms with Crippen LogP contribution in [0.15, 0.2) is 24.3 Å². The van der Waals surface area contributed by atoms with E-state index in [1.807, 2.05) is 0 Å². The molecule has 0 radical (unpaired) electrons. The van der Waals surface area contributed by atoms with Gasteiger partial charge in [0.2, 0.25) is 10.0 Å². The summed E-state index contributed by atoms with van der Waals surface area (Å²) in [6.45, 7) is 0.195. The zero-order valence-corrected chi connectivity index (χ0v) is 9.03. The molecule has 82 valence electrons. The second-order valence-electron chi connectivity index (χ2n) is 3.21. The van der Waals surface area contributed by atoms with Gasteiger partial charge < -0.3 is 10.0 Å². The minimum absolute atomic E-state index is 0.195. The third kappa shape index (κ3) is 4.43. The molecule has 0 aliphatic heterocycles. The summed E-state index contributed by atoms with van der Waals surface area (Å²) in [7, 11) is -4.70. The average Bonchev–Trinajstić information content (AvgIpc) is 2.14. The highest BCUT2D eigenvalue weighted by Gasteiger charge is 2.09. The Morgan fingerprint density at radius 1 is 1.27 bits per heavy atom. The number of nitrogens with one attached hydrogen (secondary N) is 1. The van der Waals surface area contributed by atoms with E-state index in [4.69, 9.17) is 10.0 Å². The largest absolute Gasteiger partial charge is 0.488 e. The van der Waals surface area contributed by atoms with Crippen molar-refractivity contribution in [3.05, 3.63) is 29.8 Å². The van der Waals surface area contributed by atoms with Gasteiger partial charge in [-0.1, -0.05) is 24.3 Å². The normalized spacial score (nSPS) is 11.4. The van der Waals surface area contributed by atoms with Gasteiger partial charge in [-0.2, -0.15) is 0 Å². The first-order chi connectivity index (χ1) is 6.88. The standard InChI is InChI=1S/C8H12BNO4S/c1-15(13,14)10-6-7-2-4-8(5-3-7)9(11)12/h2-5,10-12H,6H2,1H3. The summed E-state index contributed by atoms with van der Waals surface area (Å²) in [5.74, 6) is 0. The van der Waals surface area contributed by atoms with Crippen molar-refractivity contribution in [2.75, 3.05) is 6.26 Å². The van der Waals surface area contributed by atoms with E-state index in [0.717, 1.165) is 11.8 Å². The van der Waals surface area contributed by atoms with Gasteiger partial charge >= 0.3 is 7.12 Å². The topological polar surface area (TPSA) is 86.6 Å². The Labute approximate surface area is 89.0 Å². The molecule has 1 aromatic carbocycles. The highest BCUT2D eigenvalue weighted by molar-refractivity contribution is 7.88. The van der Waals surface area contributed by atoms with Crippen LogP contribution in [-0.2, 0) is 16.6 Å². The second-order valence-corrected chi connectivity index (χ2v) is 5.04. The fourth-order valence-electron chi connectivity index (χ4n) is 1.02. The van der Waals surface area contributed by atoms with Crippen LogP contribution >= 0.6 is 0 Å². The molecule has 0 atom stereocenters. The fraction of sp³-hybridized carbons (Fsp3) is 0.250. The van der Waals surface area contributed by atoms with E-state index in [-0.39, 0.29) is 6.54 Å². The van der Waals surface area contributed by atoms with E-state index >= 15 is 0 Å². The first kappa shape index (κ1) is 12.2. The Bertz CT molecular complexity index is 415. The lowest BCUT2D eigenvalue weighted by molar-refractivity contribution is 0.426. The van der Waals surface area contributed by atoms with Crippen molar-refractivity contribution in [1.29, 1.82) is 0 Å². The highest BCUT2D eigenvalue weighted by atomic mass is 32.2. The predicted molar refractivity (Wildman–Crippen MR) is 58.0 cm³/mol. The molecule has 15 heavy (non-hydrogen) atoms. The zero-order chi connectivity index (χ0) is 11.5. The maximum Gasteiger partial charge on any atom is 0.488 e. The molecule has 0 aromatic heterocycles. The molecule has 0 aliphatic rings. The van der Waals surface area contributed by atoms with Crippen molar-refractivity contribution in [2.45, 2.75) is 6.54 Å². The SMILES string of the molecule is CS(=O)(=O)NCc1ccc(B(O)O)cc1. The summed E-state index contributed by atoms with van der Waals surface area (Å²) < 4.78 is 23.9. The van der Waals surface area contributed by atoms with E-state index in [9.17, 15) is 8.42 Å². The van der Waals surface area contributed by atoms with Crippen LogP contribution in [0.1, 0.15) is 5.56 Å². The maximum absolute atomic E-state index is 10.8. The Morgan fingerprint density at radius 3 is 2.20 bits per heavy atom. The molecule has 0 spiro atoms. The molecule has 0 unspecified atom stereocenters. The summed E-state index contributed by atoms with van der Waals surface area (Å²) in [5.41, 5.74) is 1.13. The van der Waals surface area contributed by atoms with Gasteiger partial charge in [0.15, 0.2) is 0 Å². The number of rotatable bonds is 4. The molecule has 0 saturated carbocycles. The molecule has 0 fully saturated rings. The molecule has 1 aromatic rings. The van der Waals surface area contributed by atoms with Crippen LogP contribution in [0, 0.1) is 0 Å². The van der Waals surface area contributed by atoms with Crippen LogP contribution in [0.2, 0.25) is 0 Å². The van der Waals surface area contributed by atoms with Gasteiger partial charge in [-0.15, -0.1) is 0 Å². The van der Waals surface area contributed by atoms with Crippen LogP contribution in [0.4, 0.5) is 0 Å². The molecular weight excluding hydrogens is 217 g/mol. The fourth-order valence-corrected chi connectivity index (χ4v) is 1.45. The van der Waals surface area contributed by atoms with Gasteiger partial charge in [-0.3, -0.25) is 0 Å². The van der Waals surface area contributed by atoms with Crippen molar-refractivity contribution in [2.24, 2.45) is 0 Å². The smallest absolute Gasteiger partial charge is 0.423 e. The Hall–Kier alpha value is -0.885. The molecule has 0 saturated heterocycles. The summed E-state index contributed by atoms with van der Waals surface area (Å²) >= 11 is 0. The summed E-state index contributed by atoms with van der Waals surface area (Å²) in [6.07, 6.45) is 1.08. The van der Waals surface area contributed by atoms with E-state index in [1.54, 1.807) is 12.1 Å². The van der Waals surface area contributed by atoms with Gasteiger partial charge in [-0.05, 0) is 11.0 Å². The van der Waals surface area contributed by atoms with Crippen molar-refractivity contribution in [3.63, 3.8) is 0 Å². The Morgan fingerprint density at radius 2 is 1.80 bits per heavy atom. The molecule has 0 heterocycles. The lowest BCUT2D eigenvalue weighted by atomic mass is 9.80. The third-order valence-electron chi connectivity index (χ3n) is 1.82. The van der Waals surface area contributed by atoms with Crippen LogP contribution in [0.5, 0.6) is 0 Å². The summed E-state index contributed by atoms with van der Waals surface area (Å²) in [5, 5.41) is 17.6. The van der Waals surface area contributed by atoms with Gasteiger partial charge in [0.1, 0.15) is 0 Å².